The molecule has 2 N–H and O–H groups in total. The molecule has 2 aliphatic heterocycles. The molecule has 10 heteroatoms. The highest BCUT2D eigenvalue weighted by atomic mass is 32.2. The van der Waals surface area contributed by atoms with Crippen molar-refractivity contribution >= 4 is 35.0 Å². The van der Waals surface area contributed by atoms with Gasteiger partial charge in [-0.3, -0.25) is 24.6 Å². The molecule has 184 valence electrons. The first-order valence-electron chi connectivity index (χ1n) is 11.6. The number of fused-ring (bicyclic) bond motifs is 1. The van der Waals surface area contributed by atoms with E-state index in [1.165, 1.54) is 0 Å². The molecule has 0 spiro atoms. The number of carbonyl (C=O) groups is 4. The van der Waals surface area contributed by atoms with Gasteiger partial charge in [-0.15, -0.1) is 4.72 Å². The van der Waals surface area contributed by atoms with Gasteiger partial charge in [0.25, 0.3) is 5.91 Å². The number of carbonyl (C=O) groups excluding carboxylic acids is 4. The van der Waals surface area contributed by atoms with Crippen molar-refractivity contribution in [1.82, 2.24) is 14.9 Å². The molecule has 2 fully saturated rings. The van der Waals surface area contributed by atoms with Crippen LogP contribution in [0.1, 0.15) is 57.6 Å². The molecular formula is C24H31N3O6S. The lowest BCUT2D eigenvalue weighted by molar-refractivity contribution is -0.150. The van der Waals surface area contributed by atoms with Crippen molar-refractivity contribution in [3.8, 4) is 0 Å². The highest BCUT2D eigenvalue weighted by molar-refractivity contribution is 7.90. The van der Waals surface area contributed by atoms with E-state index in [2.05, 4.69) is 10.0 Å². The molecule has 0 unspecified atom stereocenters. The minimum absolute atomic E-state index is 0.189. The van der Waals surface area contributed by atoms with Crippen LogP contribution in [-0.4, -0.2) is 57.1 Å². The number of aryl methyl sites for hydroxylation is 1. The Hall–Kier alpha value is -2.27. The number of ether oxygens (including phenoxy) is 1. The Balaban J connectivity index is 1.63. The molecule has 0 bridgehead atoms. The Morgan fingerprint density at radius 3 is 2.59 bits per heavy atom. The minimum atomic E-state index is -1.62. The van der Waals surface area contributed by atoms with E-state index in [-0.39, 0.29) is 6.42 Å². The molecule has 2 saturated heterocycles. The van der Waals surface area contributed by atoms with E-state index in [1.807, 2.05) is 45.0 Å². The Bertz CT molecular complexity index is 1000. The number of amides is 4. The third-order valence-corrected chi connectivity index (χ3v) is 8.44. The second kappa shape index (κ2) is 9.41. The normalized spacial score (nSPS) is 26.9. The largest absolute Gasteiger partial charge is 0.598 e. The van der Waals surface area contributed by atoms with Crippen LogP contribution in [-0.2, 0) is 42.4 Å². The van der Waals surface area contributed by atoms with Crippen LogP contribution >= 0.6 is 0 Å². The van der Waals surface area contributed by atoms with Crippen molar-refractivity contribution in [3.05, 3.63) is 35.4 Å². The van der Waals surface area contributed by atoms with Gasteiger partial charge in [0, 0.05) is 37.0 Å². The van der Waals surface area contributed by atoms with Gasteiger partial charge in [-0.05, 0) is 57.6 Å². The van der Waals surface area contributed by atoms with Gasteiger partial charge in [0.15, 0.2) is 11.7 Å². The molecule has 3 aliphatic rings. The lowest BCUT2D eigenvalue weighted by Crippen LogP contribution is -2.63. The lowest BCUT2D eigenvalue weighted by atomic mass is 9.83. The summed E-state index contributed by atoms with van der Waals surface area (Å²) in [5, 5.41) is 2.19. The Morgan fingerprint density at radius 1 is 1.24 bits per heavy atom. The van der Waals surface area contributed by atoms with Gasteiger partial charge in [-0.1, -0.05) is 24.3 Å². The highest BCUT2D eigenvalue weighted by Crippen LogP contribution is 2.42. The molecule has 1 aromatic rings. The number of hydrogen-bond acceptors (Lipinski definition) is 7. The predicted molar refractivity (Wildman–Crippen MR) is 125 cm³/mol. The number of imide groups is 2. The second-order valence-corrected chi connectivity index (χ2v) is 12.1. The van der Waals surface area contributed by atoms with Gasteiger partial charge in [0.1, 0.15) is 4.75 Å². The fraction of sp³-hybridized carbons (Fsp3) is 0.583. The lowest BCUT2D eigenvalue weighted by Gasteiger charge is -2.38. The first-order chi connectivity index (χ1) is 16.0. The summed E-state index contributed by atoms with van der Waals surface area (Å²) in [7, 11) is 0. The minimum Gasteiger partial charge on any atom is -0.598 e. The van der Waals surface area contributed by atoms with Crippen LogP contribution in [0.4, 0.5) is 4.79 Å². The average Bonchev–Trinajstić information content (AvgIpc) is 3.11. The molecule has 4 rings (SSSR count). The summed E-state index contributed by atoms with van der Waals surface area (Å²) < 4.78 is 21.0. The molecule has 0 aromatic heterocycles. The smallest absolute Gasteiger partial charge is 0.331 e. The topological polar surface area (TPSA) is 128 Å². The van der Waals surface area contributed by atoms with Crippen LogP contribution < -0.4 is 10.0 Å². The molecule has 1 aliphatic carbocycles. The van der Waals surface area contributed by atoms with Gasteiger partial charge in [-0.25, -0.2) is 4.79 Å². The monoisotopic (exact) mass is 489 g/mol. The standard InChI is InChI=1S/C24H31N3O6S/c1-23(2,3)34(32)26-24(11-8-15-6-4-5-7-17(15)24)14-18(28)19-20(29)25-22(31)27(21(19)30)16-9-12-33-13-10-16/h4-7,16,19,26H,8-14H2,1-3H3,(H,25,29,31)/t19-,24+,34-/m0/s1. The first kappa shape index (κ1) is 24.8. The molecule has 0 radical (unpaired) electrons. The van der Waals surface area contributed by atoms with E-state index in [1.54, 1.807) is 0 Å². The van der Waals surface area contributed by atoms with Crippen molar-refractivity contribution in [2.24, 2.45) is 5.92 Å². The van der Waals surface area contributed by atoms with Gasteiger partial charge in [0.05, 0.1) is 5.54 Å². The Kier molecular flexibility index (Phi) is 6.87. The first-order valence-corrected chi connectivity index (χ1v) is 12.7. The molecule has 3 atom stereocenters. The number of hydrogen-bond donors (Lipinski definition) is 2. The summed E-state index contributed by atoms with van der Waals surface area (Å²) in [6.45, 7) is 6.30. The van der Waals surface area contributed by atoms with E-state index in [0.717, 1.165) is 16.0 Å². The van der Waals surface area contributed by atoms with Crippen LogP contribution in [0.15, 0.2) is 24.3 Å². The fourth-order valence-corrected chi connectivity index (χ4v) is 5.85. The van der Waals surface area contributed by atoms with E-state index in [0.29, 0.717) is 38.9 Å². The van der Waals surface area contributed by atoms with Crippen LogP contribution in [0, 0.1) is 5.92 Å². The van der Waals surface area contributed by atoms with Crippen molar-refractivity contribution in [2.75, 3.05) is 13.2 Å². The summed E-state index contributed by atoms with van der Waals surface area (Å²) in [4.78, 5) is 53.0. The fourth-order valence-electron chi connectivity index (χ4n) is 4.91. The number of nitrogens with zero attached hydrogens (tertiary/aromatic N) is 1. The van der Waals surface area contributed by atoms with Crippen molar-refractivity contribution in [3.63, 3.8) is 0 Å². The number of nitrogens with one attached hydrogen (secondary N) is 2. The maximum absolute atomic E-state index is 13.6. The third kappa shape index (κ3) is 4.64. The molecular weight excluding hydrogens is 458 g/mol. The number of benzene rings is 1. The zero-order valence-electron chi connectivity index (χ0n) is 19.7. The van der Waals surface area contributed by atoms with Gasteiger partial charge in [0.2, 0.25) is 5.91 Å². The second-order valence-electron chi connectivity index (χ2n) is 10.1. The number of urea groups is 1. The molecule has 34 heavy (non-hydrogen) atoms. The van der Waals surface area contributed by atoms with Crippen molar-refractivity contribution in [1.29, 1.82) is 0 Å². The zero-order valence-corrected chi connectivity index (χ0v) is 20.5. The Morgan fingerprint density at radius 2 is 1.91 bits per heavy atom. The number of Topliss-reactive ketones (excluding diaryl/α,β-unsaturated/α-hetero) is 1. The molecule has 2 heterocycles. The summed E-state index contributed by atoms with van der Waals surface area (Å²) in [6.07, 6.45) is 1.90. The quantitative estimate of drug-likeness (QED) is 0.460. The van der Waals surface area contributed by atoms with E-state index >= 15 is 0 Å². The van der Waals surface area contributed by atoms with Crippen LogP contribution in [0.25, 0.3) is 0 Å². The third-order valence-electron chi connectivity index (χ3n) is 6.75. The maximum atomic E-state index is 13.6. The average molecular weight is 490 g/mol. The highest BCUT2D eigenvalue weighted by Gasteiger charge is 2.52. The van der Waals surface area contributed by atoms with Crippen molar-refractivity contribution < 1.29 is 28.5 Å². The summed E-state index contributed by atoms with van der Waals surface area (Å²) in [6, 6.07) is 6.41. The van der Waals surface area contributed by atoms with Crippen LogP contribution in [0.3, 0.4) is 0 Å². The predicted octanol–water partition coefficient (Wildman–Crippen LogP) is 1.71. The van der Waals surface area contributed by atoms with E-state index < -0.39 is 57.2 Å². The van der Waals surface area contributed by atoms with Gasteiger partial charge >= 0.3 is 6.03 Å². The number of barbiturate groups is 1. The summed E-state index contributed by atoms with van der Waals surface area (Å²) in [5.41, 5.74) is 0.909. The number of ketones is 1. The summed E-state index contributed by atoms with van der Waals surface area (Å²) >= 11 is -1.50. The molecule has 1 aromatic carbocycles. The zero-order chi connectivity index (χ0) is 24.7. The van der Waals surface area contributed by atoms with Crippen molar-refractivity contribution in [2.45, 2.75) is 69.2 Å². The van der Waals surface area contributed by atoms with E-state index in [9.17, 15) is 23.7 Å². The maximum Gasteiger partial charge on any atom is 0.331 e. The SMILES string of the molecule is CC(C)(C)[S@+]([O-])N[C@@]1(CC(=O)[C@H]2C(=O)NC(=O)N(C3CCOCC3)C2=O)CCc2ccccc21. The molecule has 4 amide bonds. The van der Waals surface area contributed by atoms with Gasteiger partial charge < -0.3 is 9.29 Å². The Labute approximate surface area is 202 Å². The van der Waals surface area contributed by atoms with Crippen LogP contribution in [0.5, 0.6) is 0 Å². The molecule has 0 saturated carbocycles. The number of rotatable bonds is 6. The van der Waals surface area contributed by atoms with Gasteiger partial charge in [-0.2, -0.15) is 0 Å². The van der Waals surface area contributed by atoms with Crippen LogP contribution in [0.2, 0.25) is 0 Å². The molecule has 9 nitrogen and oxygen atoms in total. The van der Waals surface area contributed by atoms with E-state index in [4.69, 9.17) is 4.74 Å². The summed E-state index contributed by atoms with van der Waals surface area (Å²) in [5.74, 6) is -3.90.